The van der Waals surface area contributed by atoms with Gasteiger partial charge in [0.15, 0.2) is 0 Å². The largest absolute Gasteiger partial charge is 0.457 e. The molecule has 0 aliphatic carbocycles. The van der Waals surface area contributed by atoms with Crippen LogP contribution in [0.1, 0.15) is 11.3 Å². The summed E-state index contributed by atoms with van der Waals surface area (Å²) in [4.78, 5) is 22.3. The minimum Gasteiger partial charge on any atom is -0.457 e. The van der Waals surface area contributed by atoms with Crippen molar-refractivity contribution in [3.63, 3.8) is 0 Å². The van der Waals surface area contributed by atoms with Gasteiger partial charge in [0.25, 0.3) is 5.91 Å². The molecule has 0 atom stereocenters. The summed E-state index contributed by atoms with van der Waals surface area (Å²) in [5, 5.41) is 10.8. The molecule has 23 heavy (non-hydrogen) atoms. The number of carbonyl (C=O) groups is 2. The Bertz CT molecular complexity index is 846. The van der Waals surface area contributed by atoms with Gasteiger partial charge < -0.3 is 10.2 Å². The first kappa shape index (κ1) is 16.5. The van der Waals surface area contributed by atoms with E-state index < -0.39 is 11.9 Å². The van der Waals surface area contributed by atoms with E-state index in [0.29, 0.717) is 11.5 Å². The van der Waals surface area contributed by atoms with Crippen molar-refractivity contribution in [1.29, 1.82) is 5.26 Å². The van der Waals surface area contributed by atoms with Crippen LogP contribution in [-0.2, 0) is 4.79 Å². The first-order valence-corrected chi connectivity index (χ1v) is 7.29. The van der Waals surface area contributed by atoms with Crippen molar-refractivity contribution in [2.45, 2.75) is 6.92 Å². The molecule has 1 aromatic carbocycles. The van der Waals surface area contributed by atoms with E-state index >= 15 is 0 Å². The molecule has 116 valence electrons. The number of benzene rings is 1. The molecular formula is C16H12BrN3O3. The van der Waals surface area contributed by atoms with Gasteiger partial charge in [0.1, 0.15) is 23.2 Å². The molecule has 0 aliphatic heterocycles. The third kappa shape index (κ3) is 4.08. The number of amides is 3. The number of nitriles is 1. The van der Waals surface area contributed by atoms with Crippen LogP contribution < -0.4 is 11.1 Å². The fourth-order valence-electron chi connectivity index (χ4n) is 1.87. The first-order valence-electron chi connectivity index (χ1n) is 6.49. The number of hydrogen-bond acceptors (Lipinski definition) is 4. The van der Waals surface area contributed by atoms with E-state index in [1.165, 1.54) is 6.08 Å². The maximum Gasteiger partial charge on any atom is 0.319 e. The van der Waals surface area contributed by atoms with Gasteiger partial charge in [-0.2, -0.15) is 5.26 Å². The number of nitrogens with one attached hydrogen (secondary N) is 1. The SMILES string of the molecule is Cc1ccc(-c2ccc(/C=C(\C#N)C(=O)NC(N)=O)o2)c(Br)c1. The van der Waals surface area contributed by atoms with Crippen molar-refractivity contribution in [2.24, 2.45) is 5.73 Å². The van der Waals surface area contributed by atoms with E-state index in [2.05, 4.69) is 15.9 Å². The molecule has 1 aromatic heterocycles. The molecule has 0 aliphatic rings. The Balaban J connectivity index is 2.31. The zero-order chi connectivity index (χ0) is 17.0. The summed E-state index contributed by atoms with van der Waals surface area (Å²) in [6.45, 7) is 1.97. The number of hydrogen-bond donors (Lipinski definition) is 2. The minimum atomic E-state index is -1.03. The average Bonchev–Trinajstić information content (AvgIpc) is 2.92. The molecule has 3 amide bonds. The zero-order valence-corrected chi connectivity index (χ0v) is 13.7. The molecule has 3 N–H and O–H groups in total. The Morgan fingerprint density at radius 1 is 1.35 bits per heavy atom. The fraction of sp³-hybridized carbons (Fsp3) is 0.0625. The summed E-state index contributed by atoms with van der Waals surface area (Å²) in [6, 6.07) is 9.81. The number of furan rings is 1. The standard InChI is InChI=1S/C16H12BrN3O3/c1-9-2-4-12(13(17)6-9)14-5-3-11(23-14)7-10(8-18)15(21)20-16(19)22/h2-7H,1H3,(H3,19,20,21,22)/b10-7+. The smallest absolute Gasteiger partial charge is 0.319 e. The lowest BCUT2D eigenvalue weighted by atomic mass is 10.1. The Hall–Kier alpha value is -2.85. The van der Waals surface area contributed by atoms with Crippen LogP contribution in [0.3, 0.4) is 0 Å². The van der Waals surface area contributed by atoms with E-state index in [1.807, 2.05) is 30.4 Å². The molecule has 0 saturated carbocycles. The van der Waals surface area contributed by atoms with Gasteiger partial charge in [-0.25, -0.2) is 4.79 Å². The highest BCUT2D eigenvalue weighted by Crippen LogP contribution is 2.30. The summed E-state index contributed by atoms with van der Waals surface area (Å²) in [6.07, 6.45) is 1.24. The lowest BCUT2D eigenvalue weighted by Crippen LogP contribution is -2.35. The predicted molar refractivity (Wildman–Crippen MR) is 87.9 cm³/mol. The van der Waals surface area contributed by atoms with Crippen LogP contribution in [0.25, 0.3) is 17.4 Å². The summed E-state index contributed by atoms with van der Waals surface area (Å²) >= 11 is 3.46. The van der Waals surface area contributed by atoms with Crippen LogP contribution in [0.5, 0.6) is 0 Å². The fourth-order valence-corrected chi connectivity index (χ4v) is 2.55. The van der Waals surface area contributed by atoms with Gasteiger partial charge >= 0.3 is 6.03 Å². The highest BCUT2D eigenvalue weighted by atomic mass is 79.9. The highest BCUT2D eigenvalue weighted by Gasteiger charge is 2.13. The molecule has 0 fully saturated rings. The number of carbonyl (C=O) groups excluding carboxylic acids is 2. The third-order valence-electron chi connectivity index (χ3n) is 2.91. The number of nitrogens with two attached hydrogens (primary N) is 1. The molecule has 2 aromatic rings. The van der Waals surface area contributed by atoms with Gasteiger partial charge in [-0.05, 0) is 36.8 Å². The zero-order valence-electron chi connectivity index (χ0n) is 12.1. The van der Waals surface area contributed by atoms with E-state index in [4.69, 9.17) is 15.4 Å². The number of halogens is 1. The van der Waals surface area contributed by atoms with E-state index in [0.717, 1.165) is 15.6 Å². The lowest BCUT2D eigenvalue weighted by Gasteiger charge is -2.02. The molecular weight excluding hydrogens is 362 g/mol. The summed E-state index contributed by atoms with van der Waals surface area (Å²) in [5.74, 6) is 0.00818. The summed E-state index contributed by atoms with van der Waals surface area (Å²) < 4.78 is 6.49. The van der Waals surface area contributed by atoms with Gasteiger partial charge in [-0.3, -0.25) is 10.1 Å². The van der Waals surface area contributed by atoms with Crippen molar-refractivity contribution in [3.8, 4) is 17.4 Å². The molecule has 0 unspecified atom stereocenters. The van der Waals surface area contributed by atoms with Gasteiger partial charge in [-0.15, -0.1) is 0 Å². The van der Waals surface area contributed by atoms with Crippen molar-refractivity contribution in [1.82, 2.24) is 5.32 Å². The van der Waals surface area contributed by atoms with Crippen LogP contribution in [0, 0.1) is 18.3 Å². The number of primary amides is 1. The van der Waals surface area contributed by atoms with E-state index in [-0.39, 0.29) is 5.57 Å². The van der Waals surface area contributed by atoms with Gasteiger partial charge in [-0.1, -0.05) is 22.0 Å². The van der Waals surface area contributed by atoms with Crippen LogP contribution in [0.15, 0.2) is 44.8 Å². The molecule has 6 nitrogen and oxygen atoms in total. The maximum atomic E-state index is 11.6. The quantitative estimate of drug-likeness (QED) is 0.635. The number of imide groups is 1. The molecule has 1 heterocycles. The van der Waals surface area contributed by atoms with Crippen LogP contribution >= 0.6 is 15.9 Å². The Kier molecular flexibility index (Phi) is 4.98. The Morgan fingerprint density at radius 2 is 2.09 bits per heavy atom. The maximum absolute atomic E-state index is 11.6. The van der Waals surface area contributed by atoms with Crippen molar-refractivity contribution in [2.75, 3.05) is 0 Å². The number of urea groups is 1. The normalized spacial score (nSPS) is 10.9. The summed E-state index contributed by atoms with van der Waals surface area (Å²) in [5.41, 5.74) is 6.51. The number of rotatable bonds is 3. The highest BCUT2D eigenvalue weighted by molar-refractivity contribution is 9.10. The molecule has 0 radical (unpaired) electrons. The third-order valence-corrected chi connectivity index (χ3v) is 3.56. The minimum absolute atomic E-state index is 0.285. The predicted octanol–water partition coefficient (Wildman–Crippen LogP) is 3.12. The Labute approximate surface area is 140 Å². The van der Waals surface area contributed by atoms with Crippen molar-refractivity contribution >= 4 is 33.9 Å². The van der Waals surface area contributed by atoms with Crippen molar-refractivity contribution in [3.05, 3.63) is 51.7 Å². The van der Waals surface area contributed by atoms with Crippen molar-refractivity contribution < 1.29 is 14.0 Å². The van der Waals surface area contributed by atoms with Gasteiger partial charge in [0.05, 0.1) is 0 Å². The van der Waals surface area contributed by atoms with Crippen LogP contribution in [0.4, 0.5) is 4.79 Å². The van der Waals surface area contributed by atoms with Gasteiger partial charge in [0, 0.05) is 16.1 Å². The Morgan fingerprint density at radius 3 is 2.70 bits per heavy atom. The second-order valence-electron chi connectivity index (χ2n) is 4.67. The lowest BCUT2D eigenvalue weighted by molar-refractivity contribution is -0.115. The van der Waals surface area contributed by atoms with Crippen LogP contribution in [0.2, 0.25) is 0 Å². The molecule has 7 heteroatoms. The molecule has 0 bridgehead atoms. The molecule has 0 spiro atoms. The first-order chi connectivity index (χ1) is 10.9. The second kappa shape index (κ2) is 6.94. The topological polar surface area (TPSA) is 109 Å². The van der Waals surface area contributed by atoms with Gasteiger partial charge in [0.2, 0.25) is 0 Å². The monoisotopic (exact) mass is 373 g/mol. The molecule has 2 rings (SSSR count). The second-order valence-corrected chi connectivity index (χ2v) is 5.53. The number of aryl methyl sites for hydroxylation is 1. The molecule has 0 saturated heterocycles. The average molecular weight is 374 g/mol. The van der Waals surface area contributed by atoms with E-state index in [1.54, 1.807) is 18.2 Å². The van der Waals surface area contributed by atoms with Crippen LogP contribution in [-0.4, -0.2) is 11.9 Å². The summed E-state index contributed by atoms with van der Waals surface area (Å²) in [7, 11) is 0. The number of nitrogens with zero attached hydrogens (tertiary/aromatic N) is 1. The van der Waals surface area contributed by atoms with E-state index in [9.17, 15) is 9.59 Å².